The van der Waals surface area contributed by atoms with Crippen molar-refractivity contribution < 1.29 is 14.6 Å². The minimum Gasteiger partial charge on any atom is -0.496 e. The van der Waals surface area contributed by atoms with Crippen LogP contribution in [0, 0.1) is 0 Å². The van der Waals surface area contributed by atoms with Gasteiger partial charge in [0, 0.05) is 5.56 Å². The van der Waals surface area contributed by atoms with Gasteiger partial charge in [-0.15, -0.1) is 0 Å². The molecule has 0 unspecified atom stereocenters. The monoisotopic (exact) mass is 309 g/mol. The average molecular weight is 309 g/mol. The molecule has 6 nitrogen and oxygen atoms in total. The number of carboxylic acid groups (broad SMARTS) is 1. The summed E-state index contributed by atoms with van der Waals surface area (Å²) in [5.74, 6) is -0.264. The first-order chi connectivity index (χ1) is 11.2. The molecule has 0 saturated carbocycles. The Morgan fingerprint density at radius 3 is 2.83 bits per heavy atom. The van der Waals surface area contributed by atoms with E-state index in [0.29, 0.717) is 12.3 Å². The minimum absolute atomic E-state index is 0.242. The molecule has 3 aromatic rings. The maximum Gasteiger partial charge on any atom is 0.335 e. The van der Waals surface area contributed by atoms with Gasteiger partial charge in [-0.25, -0.2) is 14.5 Å². The van der Waals surface area contributed by atoms with Crippen molar-refractivity contribution in [2.24, 2.45) is 0 Å². The van der Waals surface area contributed by atoms with Gasteiger partial charge >= 0.3 is 5.97 Å². The van der Waals surface area contributed by atoms with Crippen LogP contribution in [0.3, 0.4) is 0 Å². The maximum absolute atomic E-state index is 11.2. The molecule has 116 valence electrons. The zero-order valence-corrected chi connectivity index (χ0v) is 12.5. The fourth-order valence-electron chi connectivity index (χ4n) is 2.40. The Balaban J connectivity index is 2.02. The number of aromatic carboxylic acids is 1. The van der Waals surface area contributed by atoms with E-state index < -0.39 is 5.97 Å². The first-order valence-electron chi connectivity index (χ1n) is 7.00. The van der Waals surface area contributed by atoms with Crippen molar-refractivity contribution in [1.29, 1.82) is 0 Å². The van der Waals surface area contributed by atoms with Gasteiger partial charge in [0.1, 0.15) is 18.4 Å². The predicted molar refractivity (Wildman–Crippen MR) is 84.5 cm³/mol. The smallest absolute Gasteiger partial charge is 0.335 e. The van der Waals surface area contributed by atoms with E-state index in [2.05, 4.69) is 10.1 Å². The number of benzene rings is 2. The Hall–Kier alpha value is -3.15. The number of ether oxygens (including phenoxy) is 1. The molecule has 1 aromatic heterocycles. The van der Waals surface area contributed by atoms with E-state index in [1.54, 1.807) is 36.3 Å². The number of methoxy groups -OCH3 is 1. The van der Waals surface area contributed by atoms with E-state index in [1.165, 1.54) is 6.33 Å². The highest BCUT2D eigenvalue weighted by Gasteiger charge is 2.10. The number of carbonyl (C=O) groups is 1. The fraction of sp³-hybridized carbons (Fsp3) is 0.118. The normalized spacial score (nSPS) is 10.5. The molecule has 0 radical (unpaired) electrons. The van der Waals surface area contributed by atoms with Crippen LogP contribution in [0.5, 0.6) is 5.75 Å². The molecule has 0 aliphatic carbocycles. The molecular weight excluding hydrogens is 294 g/mol. The molecule has 23 heavy (non-hydrogen) atoms. The minimum atomic E-state index is -0.954. The Bertz CT molecular complexity index is 829. The third-order valence-electron chi connectivity index (χ3n) is 3.50. The van der Waals surface area contributed by atoms with Gasteiger partial charge in [-0.3, -0.25) is 0 Å². The number of carboxylic acids is 1. The topological polar surface area (TPSA) is 77.2 Å². The number of rotatable bonds is 5. The molecule has 0 amide bonds. The lowest BCUT2D eigenvalue weighted by molar-refractivity contribution is 0.0697. The Morgan fingerprint density at radius 2 is 2.13 bits per heavy atom. The second-order valence-electron chi connectivity index (χ2n) is 5.01. The van der Waals surface area contributed by atoms with Crippen LogP contribution in [0.2, 0.25) is 0 Å². The average Bonchev–Trinajstić information content (AvgIpc) is 3.08. The van der Waals surface area contributed by atoms with Crippen LogP contribution in [0.4, 0.5) is 0 Å². The maximum atomic E-state index is 11.2. The van der Waals surface area contributed by atoms with Crippen LogP contribution < -0.4 is 4.74 Å². The molecule has 0 bridgehead atoms. The standard InChI is InChI=1S/C17H15N3O3/c1-23-16-6-5-12(9-20-11-18-10-19-20)7-15(16)13-3-2-4-14(8-13)17(21)22/h2-8,10-11H,9H2,1H3,(H,21,22). The summed E-state index contributed by atoms with van der Waals surface area (Å²) in [4.78, 5) is 15.1. The Kier molecular flexibility index (Phi) is 4.05. The van der Waals surface area contributed by atoms with Gasteiger partial charge in [0.15, 0.2) is 0 Å². The second-order valence-corrected chi connectivity index (χ2v) is 5.01. The summed E-state index contributed by atoms with van der Waals surface area (Å²) in [6, 6.07) is 12.6. The van der Waals surface area contributed by atoms with Gasteiger partial charge in [-0.2, -0.15) is 5.10 Å². The summed E-state index contributed by atoms with van der Waals surface area (Å²) in [7, 11) is 1.59. The molecule has 0 atom stereocenters. The van der Waals surface area contributed by atoms with Crippen molar-refractivity contribution in [3.8, 4) is 16.9 Å². The van der Waals surface area contributed by atoms with E-state index in [-0.39, 0.29) is 5.56 Å². The van der Waals surface area contributed by atoms with E-state index in [1.807, 2.05) is 24.3 Å². The molecule has 0 aliphatic rings. The van der Waals surface area contributed by atoms with Gasteiger partial charge in [0.05, 0.1) is 19.2 Å². The summed E-state index contributed by atoms with van der Waals surface area (Å²) in [5, 5.41) is 13.2. The summed E-state index contributed by atoms with van der Waals surface area (Å²) < 4.78 is 7.13. The lowest BCUT2D eigenvalue weighted by atomic mass is 10.00. The van der Waals surface area contributed by atoms with Crippen molar-refractivity contribution in [2.45, 2.75) is 6.54 Å². The highest BCUT2D eigenvalue weighted by Crippen LogP contribution is 2.31. The second kappa shape index (κ2) is 6.31. The molecule has 2 aromatic carbocycles. The Labute approximate surface area is 133 Å². The van der Waals surface area contributed by atoms with Crippen molar-refractivity contribution in [1.82, 2.24) is 14.8 Å². The van der Waals surface area contributed by atoms with Crippen molar-refractivity contribution in [3.05, 3.63) is 66.2 Å². The third kappa shape index (κ3) is 3.21. The molecular formula is C17H15N3O3. The van der Waals surface area contributed by atoms with Crippen molar-refractivity contribution >= 4 is 5.97 Å². The fourth-order valence-corrected chi connectivity index (χ4v) is 2.40. The van der Waals surface area contributed by atoms with Crippen molar-refractivity contribution in [2.75, 3.05) is 7.11 Å². The van der Waals surface area contributed by atoms with Crippen LogP contribution in [0.1, 0.15) is 15.9 Å². The van der Waals surface area contributed by atoms with Gasteiger partial charge in [0.25, 0.3) is 0 Å². The predicted octanol–water partition coefficient (Wildman–Crippen LogP) is 2.70. The number of nitrogens with zero attached hydrogens (tertiary/aromatic N) is 3. The quantitative estimate of drug-likeness (QED) is 0.784. The van der Waals surface area contributed by atoms with E-state index in [0.717, 1.165) is 16.7 Å². The first-order valence-corrected chi connectivity index (χ1v) is 7.00. The SMILES string of the molecule is COc1ccc(Cn2cncn2)cc1-c1cccc(C(=O)O)c1. The van der Waals surface area contributed by atoms with Crippen LogP contribution in [0.15, 0.2) is 55.1 Å². The number of hydrogen-bond acceptors (Lipinski definition) is 4. The zero-order chi connectivity index (χ0) is 16.2. The summed E-state index contributed by atoms with van der Waals surface area (Å²) in [6.07, 6.45) is 3.13. The van der Waals surface area contributed by atoms with E-state index in [4.69, 9.17) is 9.84 Å². The number of aromatic nitrogens is 3. The highest BCUT2D eigenvalue weighted by atomic mass is 16.5. The number of hydrogen-bond donors (Lipinski definition) is 1. The van der Waals surface area contributed by atoms with E-state index in [9.17, 15) is 4.79 Å². The largest absolute Gasteiger partial charge is 0.496 e. The van der Waals surface area contributed by atoms with Gasteiger partial charge in [-0.1, -0.05) is 18.2 Å². The molecule has 6 heteroatoms. The molecule has 1 heterocycles. The molecule has 0 aliphatic heterocycles. The molecule has 0 spiro atoms. The summed E-state index contributed by atoms with van der Waals surface area (Å²) in [6.45, 7) is 0.579. The van der Waals surface area contributed by atoms with Crippen LogP contribution in [-0.2, 0) is 6.54 Å². The highest BCUT2D eigenvalue weighted by molar-refractivity contribution is 5.89. The molecule has 1 N–H and O–H groups in total. The summed E-state index contributed by atoms with van der Waals surface area (Å²) in [5.41, 5.74) is 2.90. The van der Waals surface area contributed by atoms with E-state index >= 15 is 0 Å². The van der Waals surface area contributed by atoms with Crippen LogP contribution in [0.25, 0.3) is 11.1 Å². The van der Waals surface area contributed by atoms with Gasteiger partial charge in [0.2, 0.25) is 0 Å². The van der Waals surface area contributed by atoms with Crippen LogP contribution >= 0.6 is 0 Å². The van der Waals surface area contributed by atoms with Gasteiger partial charge < -0.3 is 9.84 Å². The van der Waals surface area contributed by atoms with Crippen molar-refractivity contribution in [3.63, 3.8) is 0 Å². The zero-order valence-electron chi connectivity index (χ0n) is 12.5. The lowest BCUT2D eigenvalue weighted by Gasteiger charge is -2.12. The first kappa shape index (κ1) is 14.8. The summed E-state index contributed by atoms with van der Waals surface area (Å²) >= 11 is 0. The van der Waals surface area contributed by atoms with Gasteiger partial charge in [-0.05, 0) is 35.4 Å². The molecule has 0 fully saturated rings. The lowest BCUT2D eigenvalue weighted by Crippen LogP contribution is -2.01. The molecule has 3 rings (SSSR count). The van der Waals surface area contributed by atoms with Crippen LogP contribution in [-0.4, -0.2) is 33.0 Å². The molecule has 0 saturated heterocycles. The third-order valence-corrected chi connectivity index (χ3v) is 3.50. The Morgan fingerprint density at radius 1 is 1.26 bits per heavy atom.